The molecule has 2 heterocycles. The third-order valence-corrected chi connectivity index (χ3v) is 7.19. The smallest absolute Gasteiger partial charge is 0.263 e. The molecule has 1 aliphatic carbocycles. The maximum Gasteiger partial charge on any atom is 0.263 e. The third-order valence-electron chi connectivity index (χ3n) is 5.10. The van der Waals surface area contributed by atoms with E-state index in [1.807, 2.05) is 0 Å². The summed E-state index contributed by atoms with van der Waals surface area (Å²) in [5.74, 6) is 1.07. The summed E-state index contributed by atoms with van der Waals surface area (Å²) in [5, 5.41) is 1.44. The molecule has 0 N–H and O–H groups in total. The van der Waals surface area contributed by atoms with Crippen LogP contribution in [0.5, 0.6) is 5.75 Å². The molecular formula is C22H23FN2O2S2. The molecule has 0 fully saturated rings. The van der Waals surface area contributed by atoms with Crippen molar-refractivity contribution in [3.63, 3.8) is 0 Å². The number of aryl methyl sites for hydroxylation is 1. The first-order chi connectivity index (χ1) is 14.1. The van der Waals surface area contributed by atoms with Crippen molar-refractivity contribution in [2.75, 3.05) is 12.4 Å². The van der Waals surface area contributed by atoms with Crippen LogP contribution in [0, 0.1) is 11.7 Å². The van der Waals surface area contributed by atoms with Crippen LogP contribution >= 0.6 is 23.1 Å². The summed E-state index contributed by atoms with van der Waals surface area (Å²) in [5.41, 5.74) is 1.21. The topological polar surface area (TPSA) is 44.1 Å². The van der Waals surface area contributed by atoms with Gasteiger partial charge in [0.25, 0.3) is 5.56 Å². The largest absolute Gasteiger partial charge is 0.490 e. The van der Waals surface area contributed by atoms with Gasteiger partial charge in [-0.05, 0) is 42.9 Å². The molecule has 29 heavy (non-hydrogen) atoms. The number of thioether (sulfide) groups is 1. The Bertz CT molecular complexity index is 1110. The standard InChI is InChI=1S/C22H23FN2O2S2/c1-3-10-25-21(26)19-15-9-8-14(2)13-18(15)29-20(19)24-22(25)28-12-11-27-17-7-5-4-6-16(17)23/h3-7,14H,1,8-13H2,2H3. The highest BCUT2D eigenvalue weighted by Gasteiger charge is 2.24. The second kappa shape index (κ2) is 8.71. The first kappa shape index (κ1) is 20.2. The molecule has 0 saturated carbocycles. The normalized spacial score (nSPS) is 16.0. The number of allylic oxidation sites excluding steroid dienone is 1. The summed E-state index contributed by atoms with van der Waals surface area (Å²) in [7, 11) is 0. The Morgan fingerprint density at radius 2 is 2.28 bits per heavy atom. The lowest BCUT2D eigenvalue weighted by Crippen LogP contribution is -2.23. The number of aromatic nitrogens is 2. The zero-order valence-corrected chi connectivity index (χ0v) is 18.0. The predicted molar refractivity (Wildman–Crippen MR) is 118 cm³/mol. The molecule has 7 heteroatoms. The molecule has 0 aliphatic heterocycles. The van der Waals surface area contributed by atoms with E-state index in [0.717, 1.165) is 29.5 Å². The van der Waals surface area contributed by atoms with Crippen LogP contribution in [-0.2, 0) is 19.4 Å². The number of ether oxygens (including phenoxy) is 1. The number of hydrogen-bond acceptors (Lipinski definition) is 5. The van der Waals surface area contributed by atoms with Gasteiger partial charge in [-0.15, -0.1) is 17.9 Å². The van der Waals surface area contributed by atoms with Crippen LogP contribution in [0.15, 0.2) is 46.9 Å². The molecular weight excluding hydrogens is 407 g/mol. The number of para-hydroxylation sites is 1. The van der Waals surface area contributed by atoms with Crippen molar-refractivity contribution in [1.82, 2.24) is 9.55 Å². The van der Waals surface area contributed by atoms with Gasteiger partial charge in [0.05, 0.1) is 12.0 Å². The van der Waals surface area contributed by atoms with Crippen molar-refractivity contribution in [1.29, 1.82) is 0 Å². The molecule has 4 nitrogen and oxygen atoms in total. The van der Waals surface area contributed by atoms with E-state index in [0.29, 0.717) is 30.0 Å². The van der Waals surface area contributed by atoms with Crippen LogP contribution in [0.2, 0.25) is 0 Å². The predicted octanol–water partition coefficient (Wildman–Crippen LogP) is 5.08. The maximum atomic E-state index is 13.7. The summed E-state index contributed by atoms with van der Waals surface area (Å²) >= 11 is 3.10. The molecule has 4 rings (SSSR count). The van der Waals surface area contributed by atoms with Crippen LogP contribution in [0.1, 0.15) is 23.8 Å². The fourth-order valence-corrected chi connectivity index (χ4v) is 5.90. The Balaban J connectivity index is 1.58. The number of thiophene rings is 1. The van der Waals surface area contributed by atoms with E-state index in [2.05, 4.69) is 13.5 Å². The lowest BCUT2D eigenvalue weighted by molar-refractivity contribution is 0.325. The van der Waals surface area contributed by atoms with E-state index < -0.39 is 0 Å². The molecule has 1 atom stereocenters. The fourth-order valence-electron chi connectivity index (χ4n) is 3.65. The molecule has 0 bridgehead atoms. The number of hydrogen-bond donors (Lipinski definition) is 0. The third kappa shape index (κ3) is 4.12. The minimum Gasteiger partial charge on any atom is -0.490 e. The van der Waals surface area contributed by atoms with Crippen molar-refractivity contribution in [2.45, 2.75) is 37.9 Å². The molecule has 0 saturated heterocycles. The van der Waals surface area contributed by atoms with Crippen molar-refractivity contribution in [3.05, 3.63) is 63.5 Å². The van der Waals surface area contributed by atoms with Gasteiger partial charge in [0.15, 0.2) is 16.7 Å². The summed E-state index contributed by atoms with van der Waals surface area (Å²) in [6, 6.07) is 6.35. The van der Waals surface area contributed by atoms with Gasteiger partial charge in [-0.2, -0.15) is 0 Å². The lowest BCUT2D eigenvalue weighted by atomic mass is 9.89. The highest BCUT2D eigenvalue weighted by Crippen LogP contribution is 2.36. The SMILES string of the molecule is C=CCn1c(SCCOc2ccccc2F)nc2sc3c(c2c1=O)CCC(C)C3. The van der Waals surface area contributed by atoms with E-state index in [1.165, 1.54) is 28.3 Å². The van der Waals surface area contributed by atoms with Crippen molar-refractivity contribution in [2.24, 2.45) is 5.92 Å². The van der Waals surface area contributed by atoms with Gasteiger partial charge in [-0.25, -0.2) is 9.37 Å². The highest BCUT2D eigenvalue weighted by molar-refractivity contribution is 7.99. The van der Waals surface area contributed by atoms with Crippen LogP contribution in [0.25, 0.3) is 10.2 Å². The molecule has 0 spiro atoms. The molecule has 3 aromatic rings. The summed E-state index contributed by atoms with van der Waals surface area (Å²) < 4.78 is 20.9. The number of nitrogens with zero attached hydrogens (tertiary/aromatic N) is 2. The summed E-state index contributed by atoms with van der Waals surface area (Å²) in [4.78, 5) is 20.2. The summed E-state index contributed by atoms with van der Waals surface area (Å²) in [6.07, 6.45) is 4.81. The lowest BCUT2D eigenvalue weighted by Gasteiger charge is -2.17. The Kier molecular flexibility index (Phi) is 6.06. The maximum absolute atomic E-state index is 13.7. The first-order valence-electron chi connectivity index (χ1n) is 9.74. The van der Waals surface area contributed by atoms with E-state index in [1.54, 1.807) is 40.2 Å². The van der Waals surface area contributed by atoms with Gasteiger partial charge in [0, 0.05) is 17.2 Å². The van der Waals surface area contributed by atoms with Gasteiger partial charge >= 0.3 is 0 Å². The Hall–Kier alpha value is -2.12. The monoisotopic (exact) mass is 430 g/mol. The molecule has 1 aromatic carbocycles. The zero-order valence-electron chi connectivity index (χ0n) is 16.3. The Morgan fingerprint density at radius 1 is 1.45 bits per heavy atom. The molecule has 0 radical (unpaired) electrons. The Morgan fingerprint density at radius 3 is 3.07 bits per heavy atom. The van der Waals surface area contributed by atoms with Crippen LogP contribution in [0.4, 0.5) is 4.39 Å². The minimum absolute atomic E-state index is 0.0134. The van der Waals surface area contributed by atoms with Gasteiger partial charge < -0.3 is 4.74 Å². The van der Waals surface area contributed by atoms with Gasteiger partial charge in [-0.1, -0.05) is 36.9 Å². The number of benzene rings is 1. The van der Waals surface area contributed by atoms with E-state index in [9.17, 15) is 9.18 Å². The molecule has 152 valence electrons. The zero-order chi connectivity index (χ0) is 20.4. The first-order valence-corrected chi connectivity index (χ1v) is 11.5. The average Bonchev–Trinajstić information content (AvgIpc) is 3.06. The van der Waals surface area contributed by atoms with Crippen molar-refractivity contribution < 1.29 is 9.13 Å². The molecule has 0 amide bonds. The summed E-state index contributed by atoms with van der Waals surface area (Å²) in [6.45, 7) is 6.79. The van der Waals surface area contributed by atoms with Crippen LogP contribution in [-0.4, -0.2) is 21.9 Å². The average molecular weight is 431 g/mol. The van der Waals surface area contributed by atoms with Gasteiger partial charge in [0.2, 0.25) is 0 Å². The molecule has 2 aromatic heterocycles. The van der Waals surface area contributed by atoms with Crippen LogP contribution < -0.4 is 10.3 Å². The van der Waals surface area contributed by atoms with E-state index >= 15 is 0 Å². The van der Waals surface area contributed by atoms with Crippen LogP contribution in [0.3, 0.4) is 0 Å². The highest BCUT2D eigenvalue weighted by atomic mass is 32.2. The minimum atomic E-state index is -0.376. The second-order valence-electron chi connectivity index (χ2n) is 7.26. The molecule has 1 aliphatic rings. The molecule has 1 unspecified atom stereocenters. The van der Waals surface area contributed by atoms with E-state index in [-0.39, 0.29) is 17.1 Å². The number of halogens is 1. The quantitative estimate of drug-likeness (QED) is 0.227. The van der Waals surface area contributed by atoms with E-state index in [4.69, 9.17) is 9.72 Å². The number of fused-ring (bicyclic) bond motifs is 3. The van der Waals surface area contributed by atoms with Gasteiger partial charge in [0.1, 0.15) is 4.83 Å². The van der Waals surface area contributed by atoms with Gasteiger partial charge in [-0.3, -0.25) is 9.36 Å². The fraction of sp³-hybridized carbons (Fsp3) is 0.364. The number of rotatable bonds is 7. The Labute approximate surface area is 177 Å². The van der Waals surface area contributed by atoms with Crippen molar-refractivity contribution >= 4 is 33.3 Å². The second-order valence-corrected chi connectivity index (χ2v) is 9.40. The van der Waals surface area contributed by atoms with Crippen molar-refractivity contribution in [3.8, 4) is 5.75 Å².